The second-order valence-corrected chi connectivity index (χ2v) is 11.0. The Morgan fingerprint density at radius 1 is 1.20 bits per heavy atom. The van der Waals surface area contributed by atoms with Crippen molar-refractivity contribution in [1.82, 2.24) is 4.90 Å². The second kappa shape index (κ2) is 8.68. The summed E-state index contributed by atoms with van der Waals surface area (Å²) in [4.78, 5) is 16.0. The van der Waals surface area contributed by atoms with Crippen molar-refractivity contribution in [2.75, 3.05) is 27.0 Å². The van der Waals surface area contributed by atoms with Gasteiger partial charge in [0, 0.05) is 6.54 Å². The molecule has 0 radical (unpaired) electrons. The largest absolute Gasteiger partial charge is 0.497 e. The summed E-state index contributed by atoms with van der Waals surface area (Å²) in [5.41, 5.74) is -0.770. The Morgan fingerprint density at radius 2 is 1.94 bits per heavy atom. The van der Waals surface area contributed by atoms with Gasteiger partial charge in [-0.2, -0.15) is 0 Å². The lowest BCUT2D eigenvalue weighted by molar-refractivity contribution is -0.174. The molecule has 1 aromatic rings. The van der Waals surface area contributed by atoms with Crippen LogP contribution in [0.15, 0.2) is 24.0 Å². The van der Waals surface area contributed by atoms with E-state index >= 15 is 0 Å². The number of hydrogen-bond acceptors (Lipinski definition) is 8. The van der Waals surface area contributed by atoms with Gasteiger partial charge >= 0.3 is 5.97 Å². The van der Waals surface area contributed by atoms with Crippen LogP contribution in [0.1, 0.15) is 69.9 Å². The molecule has 1 aliphatic carbocycles. The highest BCUT2D eigenvalue weighted by Gasteiger charge is 2.58. The average Bonchev–Trinajstić information content (AvgIpc) is 3.50. The van der Waals surface area contributed by atoms with Crippen molar-refractivity contribution in [3.8, 4) is 11.5 Å². The van der Waals surface area contributed by atoms with Crippen LogP contribution in [-0.4, -0.2) is 70.9 Å². The zero-order valence-electron chi connectivity index (χ0n) is 21.1. The van der Waals surface area contributed by atoms with E-state index in [1.807, 2.05) is 6.07 Å². The summed E-state index contributed by atoms with van der Waals surface area (Å²) in [6.45, 7) is 7.15. The molecule has 1 saturated heterocycles. The smallest absolute Gasteiger partial charge is 0.338 e. The van der Waals surface area contributed by atoms with Crippen LogP contribution in [0.3, 0.4) is 0 Å². The van der Waals surface area contributed by atoms with E-state index in [-0.39, 0.29) is 37.5 Å². The normalized spacial score (nSPS) is 28.9. The van der Waals surface area contributed by atoms with Gasteiger partial charge < -0.3 is 29.2 Å². The first kappa shape index (κ1) is 24.4. The van der Waals surface area contributed by atoms with Gasteiger partial charge in [-0.15, -0.1) is 0 Å². The standard InChI is InChI=1S/C27H37NO7/c1-5-27(31,10-9-25(2,3)30)24(29)35-23-21(32-4)15-26-8-6-11-28(26)12-7-17-13-19-20(34-16-33-19)14-18(17)22(23)26/h13-15,22-23,30-31H,5-12,16H2,1-4H3/t22-,23-,26+,27+/m1/s1. The molecule has 3 heterocycles. The number of aliphatic hydroxyl groups is 2. The fourth-order valence-electron chi connectivity index (χ4n) is 6.26. The molecule has 8 nitrogen and oxygen atoms in total. The molecule has 5 rings (SSSR count). The zero-order chi connectivity index (χ0) is 25.0. The summed E-state index contributed by atoms with van der Waals surface area (Å²) in [6.07, 6.45) is 4.90. The number of nitrogens with zero attached hydrogens (tertiary/aromatic N) is 1. The lowest BCUT2D eigenvalue weighted by Gasteiger charge is -2.39. The molecule has 8 heteroatoms. The van der Waals surface area contributed by atoms with Crippen molar-refractivity contribution in [3.05, 3.63) is 35.1 Å². The third kappa shape index (κ3) is 4.09. The maximum Gasteiger partial charge on any atom is 0.338 e. The van der Waals surface area contributed by atoms with Crippen LogP contribution in [0.5, 0.6) is 11.5 Å². The Morgan fingerprint density at radius 3 is 2.63 bits per heavy atom. The van der Waals surface area contributed by atoms with Gasteiger partial charge in [-0.05, 0) is 88.3 Å². The van der Waals surface area contributed by atoms with Crippen LogP contribution in [0.4, 0.5) is 0 Å². The van der Waals surface area contributed by atoms with E-state index < -0.39 is 23.3 Å². The molecule has 4 aliphatic rings. The monoisotopic (exact) mass is 487 g/mol. The minimum absolute atomic E-state index is 0.113. The predicted octanol–water partition coefficient (Wildman–Crippen LogP) is 3.04. The lowest BCUT2D eigenvalue weighted by atomic mass is 9.77. The molecule has 2 N–H and O–H groups in total. The number of carbonyl (C=O) groups excluding carboxylic acids is 1. The molecule has 4 atom stereocenters. The Labute approximate surface area is 206 Å². The van der Waals surface area contributed by atoms with E-state index in [1.165, 1.54) is 0 Å². The minimum Gasteiger partial charge on any atom is -0.497 e. The number of methoxy groups -OCH3 is 1. The molecule has 192 valence electrons. The van der Waals surface area contributed by atoms with E-state index in [9.17, 15) is 15.0 Å². The van der Waals surface area contributed by atoms with Crippen LogP contribution in [0, 0.1) is 0 Å². The quantitative estimate of drug-likeness (QED) is 0.567. The van der Waals surface area contributed by atoms with Gasteiger partial charge in [0.15, 0.2) is 23.2 Å². The lowest BCUT2D eigenvalue weighted by Crippen LogP contribution is -2.49. The van der Waals surface area contributed by atoms with E-state index in [1.54, 1.807) is 27.9 Å². The molecular formula is C27H37NO7. The molecular weight excluding hydrogens is 450 g/mol. The fraction of sp³-hybridized carbons (Fsp3) is 0.667. The fourth-order valence-corrected chi connectivity index (χ4v) is 6.26. The number of esters is 1. The van der Waals surface area contributed by atoms with Gasteiger partial charge in [0.05, 0.1) is 24.2 Å². The highest BCUT2D eigenvalue weighted by Crippen LogP contribution is 2.55. The first-order chi connectivity index (χ1) is 16.6. The first-order valence-corrected chi connectivity index (χ1v) is 12.7. The average molecular weight is 488 g/mol. The second-order valence-electron chi connectivity index (χ2n) is 11.0. The summed E-state index contributed by atoms with van der Waals surface area (Å²) in [5, 5.41) is 21.4. The van der Waals surface area contributed by atoms with Crippen molar-refractivity contribution in [3.63, 3.8) is 0 Å². The number of ether oxygens (including phenoxy) is 4. The number of benzene rings is 1. The van der Waals surface area contributed by atoms with Crippen molar-refractivity contribution in [2.45, 2.75) is 88.1 Å². The van der Waals surface area contributed by atoms with Crippen LogP contribution in [0.25, 0.3) is 0 Å². The molecule has 1 spiro atoms. The van der Waals surface area contributed by atoms with E-state index in [4.69, 9.17) is 18.9 Å². The maximum absolute atomic E-state index is 13.5. The SMILES string of the molecule is CC[C@](O)(CCC(C)(C)O)C(=O)O[C@@H]1C(OC)=C[C@]23CCCN2CCc2cc4c(cc2[C@H]13)OCO4. The van der Waals surface area contributed by atoms with Crippen molar-refractivity contribution >= 4 is 5.97 Å². The predicted molar refractivity (Wildman–Crippen MR) is 128 cm³/mol. The Kier molecular flexibility index (Phi) is 6.05. The Bertz CT molecular complexity index is 1030. The van der Waals surface area contributed by atoms with Crippen molar-refractivity contribution < 1.29 is 34.0 Å². The Hall–Kier alpha value is -2.29. The van der Waals surface area contributed by atoms with E-state index in [0.717, 1.165) is 49.2 Å². The molecule has 35 heavy (non-hydrogen) atoms. The maximum atomic E-state index is 13.5. The van der Waals surface area contributed by atoms with Gasteiger partial charge in [-0.1, -0.05) is 6.92 Å². The number of rotatable bonds is 7. The van der Waals surface area contributed by atoms with Gasteiger partial charge in [-0.25, -0.2) is 4.79 Å². The molecule has 1 aromatic carbocycles. The zero-order valence-corrected chi connectivity index (χ0v) is 21.1. The highest BCUT2D eigenvalue weighted by atomic mass is 16.7. The molecule has 1 fully saturated rings. The highest BCUT2D eigenvalue weighted by molar-refractivity contribution is 5.80. The van der Waals surface area contributed by atoms with Gasteiger partial charge in [0.25, 0.3) is 0 Å². The summed E-state index contributed by atoms with van der Waals surface area (Å²) >= 11 is 0. The third-order valence-corrected chi connectivity index (χ3v) is 8.31. The minimum atomic E-state index is -1.69. The number of carbonyl (C=O) groups is 1. The Balaban J connectivity index is 1.53. The third-order valence-electron chi connectivity index (χ3n) is 8.31. The molecule has 0 aromatic heterocycles. The van der Waals surface area contributed by atoms with Gasteiger partial charge in [0.2, 0.25) is 6.79 Å². The van der Waals surface area contributed by atoms with Crippen molar-refractivity contribution in [2.24, 2.45) is 0 Å². The summed E-state index contributed by atoms with van der Waals surface area (Å²) in [6, 6.07) is 4.10. The van der Waals surface area contributed by atoms with Crippen LogP contribution in [0.2, 0.25) is 0 Å². The van der Waals surface area contributed by atoms with Crippen molar-refractivity contribution in [1.29, 1.82) is 0 Å². The van der Waals surface area contributed by atoms with Crippen LogP contribution < -0.4 is 9.47 Å². The summed E-state index contributed by atoms with van der Waals surface area (Å²) in [7, 11) is 1.61. The number of hydrogen-bond donors (Lipinski definition) is 2. The van der Waals surface area contributed by atoms with Gasteiger partial charge in [-0.3, -0.25) is 4.90 Å². The summed E-state index contributed by atoms with van der Waals surface area (Å²) < 4.78 is 23.3. The van der Waals surface area contributed by atoms with E-state index in [0.29, 0.717) is 11.5 Å². The number of fused-ring (bicyclic) bond motifs is 3. The molecule has 3 aliphatic heterocycles. The molecule has 0 amide bonds. The molecule has 0 bridgehead atoms. The van der Waals surface area contributed by atoms with Gasteiger partial charge in [0.1, 0.15) is 5.76 Å². The topological polar surface area (TPSA) is 97.7 Å². The molecule has 0 unspecified atom stereocenters. The molecule has 0 saturated carbocycles. The first-order valence-electron chi connectivity index (χ1n) is 12.7. The van der Waals surface area contributed by atoms with Crippen LogP contribution >= 0.6 is 0 Å². The summed E-state index contributed by atoms with van der Waals surface area (Å²) in [5.74, 6) is 1.20. The van der Waals surface area contributed by atoms with Crippen LogP contribution in [-0.2, 0) is 20.7 Å². The van der Waals surface area contributed by atoms with E-state index in [2.05, 4.69) is 17.0 Å².